The molecule has 0 saturated carbocycles. The molecule has 196 valence electrons. The van der Waals surface area contributed by atoms with Crippen molar-refractivity contribution in [3.8, 4) is 23.0 Å². The van der Waals surface area contributed by atoms with E-state index in [4.69, 9.17) is 18.9 Å². The topological polar surface area (TPSA) is 57.2 Å². The van der Waals surface area contributed by atoms with Gasteiger partial charge in [0, 0.05) is 12.1 Å². The minimum absolute atomic E-state index is 0.0490. The highest BCUT2D eigenvalue weighted by Gasteiger charge is 2.34. The fourth-order valence-electron chi connectivity index (χ4n) is 4.41. The van der Waals surface area contributed by atoms with Crippen molar-refractivity contribution in [3.05, 3.63) is 82.9 Å². The number of hydrogen-bond acceptors (Lipinski definition) is 5. The van der Waals surface area contributed by atoms with Gasteiger partial charge in [0.25, 0.3) is 5.91 Å². The Hall–Kier alpha value is -3.88. The molecule has 1 heterocycles. The van der Waals surface area contributed by atoms with Crippen LogP contribution in [0.1, 0.15) is 40.0 Å². The summed E-state index contributed by atoms with van der Waals surface area (Å²) in [6.45, 7) is 2.73. The highest BCUT2D eigenvalue weighted by molar-refractivity contribution is 5.95. The van der Waals surface area contributed by atoms with E-state index in [-0.39, 0.29) is 18.3 Å². The summed E-state index contributed by atoms with van der Waals surface area (Å²) in [5, 5.41) is 0. The molecule has 6 nitrogen and oxygen atoms in total. The van der Waals surface area contributed by atoms with Crippen LogP contribution in [0.3, 0.4) is 0 Å². The van der Waals surface area contributed by atoms with E-state index >= 15 is 0 Å². The highest BCUT2D eigenvalue weighted by Crippen LogP contribution is 2.39. The Kier molecular flexibility index (Phi) is 7.80. The van der Waals surface area contributed by atoms with E-state index in [2.05, 4.69) is 0 Å². The van der Waals surface area contributed by atoms with Crippen LogP contribution >= 0.6 is 0 Å². The second kappa shape index (κ2) is 11.0. The molecular formula is C28H28F3NO5. The number of nitrogens with zero attached hydrogens (tertiary/aromatic N) is 1. The number of methoxy groups -OCH3 is 2. The molecule has 0 bridgehead atoms. The molecule has 1 aliphatic rings. The number of fused-ring (bicyclic) bond motifs is 1. The molecule has 3 aromatic carbocycles. The maximum absolute atomic E-state index is 13.6. The minimum Gasteiger partial charge on any atom is -0.494 e. The number of carbonyl (C=O) groups is 1. The predicted octanol–water partition coefficient (Wildman–Crippen LogP) is 5.94. The van der Waals surface area contributed by atoms with Crippen molar-refractivity contribution in [2.45, 2.75) is 25.6 Å². The second-order valence-corrected chi connectivity index (χ2v) is 8.46. The summed E-state index contributed by atoms with van der Waals surface area (Å²) in [5.41, 5.74) is 1.40. The molecule has 0 fully saturated rings. The first-order valence-corrected chi connectivity index (χ1v) is 11.8. The van der Waals surface area contributed by atoms with E-state index < -0.39 is 17.8 Å². The Balaban J connectivity index is 1.67. The van der Waals surface area contributed by atoms with Crippen LogP contribution in [0, 0.1) is 0 Å². The first-order chi connectivity index (χ1) is 17.7. The smallest absolute Gasteiger partial charge is 0.416 e. The standard InChI is InChI=1S/C28H28F3NO5/c1-4-36-21-10-8-18(9-11-21)27(33)32-13-12-19-14-25(34-2)26(35-3)16-23(19)24(32)17-37-22-7-5-6-20(15-22)28(29,30)31/h5-11,14-16,24H,4,12-13,17H2,1-3H3. The van der Waals surface area contributed by atoms with Crippen molar-refractivity contribution < 1.29 is 36.9 Å². The van der Waals surface area contributed by atoms with Crippen LogP contribution in [0.15, 0.2) is 60.7 Å². The lowest BCUT2D eigenvalue weighted by Crippen LogP contribution is -2.42. The van der Waals surface area contributed by atoms with Crippen molar-refractivity contribution in [1.82, 2.24) is 4.90 Å². The van der Waals surface area contributed by atoms with Gasteiger partial charge in [0.1, 0.15) is 18.1 Å². The molecule has 3 aromatic rings. The van der Waals surface area contributed by atoms with Gasteiger partial charge in [0.15, 0.2) is 11.5 Å². The largest absolute Gasteiger partial charge is 0.494 e. The number of ether oxygens (including phenoxy) is 4. The van der Waals surface area contributed by atoms with Gasteiger partial charge in [-0.05, 0) is 79.1 Å². The summed E-state index contributed by atoms with van der Waals surface area (Å²) in [4.78, 5) is 15.3. The van der Waals surface area contributed by atoms with Crippen LogP contribution in [-0.2, 0) is 12.6 Å². The summed E-state index contributed by atoms with van der Waals surface area (Å²) < 4.78 is 61.8. The van der Waals surface area contributed by atoms with Gasteiger partial charge >= 0.3 is 6.18 Å². The number of amides is 1. The zero-order valence-electron chi connectivity index (χ0n) is 20.8. The van der Waals surface area contributed by atoms with Crippen LogP contribution in [0.25, 0.3) is 0 Å². The molecule has 1 unspecified atom stereocenters. The molecule has 0 N–H and O–H groups in total. The first-order valence-electron chi connectivity index (χ1n) is 11.8. The summed E-state index contributed by atoms with van der Waals surface area (Å²) in [6.07, 6.45) is -3.92. The molecule has 0 aliphatic carbocycles. The van der Waals surface area contributed by atoms with E-state index in [1.807, 2.05) is 13.0 Å². The zero-order valence-corrected chi connectivity index (χ0v) is 20.8. The van der Waals surface area contributed by atoms with E-state index in [9.17, 15) is 18.0 Å². The Labute approximate surface area is 213 Å². The maximum atomic E-state index is 13.6. The Morgan fingerprint density at radius 1 is 0.946 bits per heavy atom. The van der Waals surface area contributed by atoms with Crippen LogP contribution in [0.4, 0.5) is 13.2 Å². The lowest BCUT2D eigenvalue weighted by Gasteiger charge is -2.37. The summed E-state index contributed by atoms with van der Waals surface area (Å²) >= 11 is 0. The van der Waals surface area contributed by atoms with Crippen molar-refractivity contribution >= 4 is 5.91 Å². The lowest BCUT2D eigenvalue weighted by atomic mass is 9.91. The van der Waals surface area contributed by atoms with Gasteiger partial charge in [-0.2, -0.15) is 13.2 Å². The van der Waals surface area contributed by atoms with Gasteiger partial charge < -0.3 is 23.8 Å². The summed E-state index contributed by atoms with van der Waals surface area (Å²) in [5.74, 6) is 1.55. The zero-order chi connectivity index (χ0) is 26.6. The SMILES string of the molecule is CCOc1ccc(C(=O)N2CCc3cc(OC)c(OC)cc3C2COc2cccc(C(F)(F)F)c2)cc1. The summed E-state index contributed by atoms with van der Waals surface area (Å²) in [7, 11) is 3.06. The maximum Gasteiger partial charge on any atom is 0.416 e. The molecule has 0 saturated heterocycles. The fourth-order valence-corrected chi connectivity index (χ4v) is 4.41. The van der Waals surface area contributed by atoms with Crippen LogP contribution in [-0.4, -0.2) is 44.8 Å². The number of alkyl halides is 3. The molecular weight excluding hydrogens is 487 g/mol. The molecule has 4 rings (SSSR count). The van der Waals surface area contributed by atoms with Gasteiger partial charge in [-0.25, -0.2) is 0 Å². The van der Waals surface area contributed by atoms with E-state index in [0.29, 0.717) is 42.4 Å². The number of benzene rings is 3. The van der Waals surface area contributed by atoms with Gasteiger partial charge in [-0.1, -0.05) is 6.07 Å². The van der Waals surface area contributed by atoms with E-state index in [0.717, 1.165) is 23.3 Å². The van der Waals surface area contributed by atoms with Crippen LogP contribution in [0.5, 0.6) is 23.0 Å². The Morgan fingerprint density at radius 2 is 1.65 bits per heavy atom. The third-order valence-electron chi connectivity index (χ3n) is 6.25. The molecule has 0 spiro atoms. The average Bonchev–Trinajstić information content (AvgIpc) is 2.90. The third-order valence-corrected chi connectivity index (χ3v) is 6.25. The summed E-state index contributed by atoms with van der Waals surface area (Å²) in [6, 6.07) is 14.7. The molecule has 1 amide bonds. The molecule has 37 heavy (non-hydrogen) atoms. The Morgan fingerprint density at radius 3 is 2.30 bits per heavy atom. The van der Waals surface area contributed by atoms with Crippen molar-refractivity contribution in [2.24, 2.45) is 0 Å². The molecule has 0 aromatic heterocycles. The number of rotatable bonds is 8. The monoisotopic (exact) mass is 515 g/mol. The number of hydrogen-bond donors (Lipinski definition) is 0. The highest BCUT2D eigenvalue weighted by atomic mass is 19.4. The van der Waals surface area contributed by atoms with Crippen LogP contribution < -0.4 is 18.9 Å². The quantitative estimate of drug-likeness (QED) is 0.372. The van der Waals surface area contributed by atoms with Crippen molar-refractivity contribution in [2.75, 3.05) is 34.0 Å². The van der Waals surface area contributed by atoms with E-state index in [1.54, 1.807) is 42.3 Å². The van der Waals surface area contributed by atoms with Gasteiger partial charge in [0.2, 0.25) is 0 Å². The predicted molar refractivity (Wildman–Crippen MR) is 132 cm³/mol. The molecule has 1 atom stereocenters. The second-order valence-electron chi connectivity index (χ2n) is 8.46. The molecule has 0 radical (unpaired) electrons. The van der Waals surface area contributed by atoms with Gasteiger partial charge in [-0.15, -0.1) is 0 Å². The van der Waals surface area contributed by atoms with Crippen molar-refractivity contribution in [1.29, 1.82) is 0 Å². The number of carbonyl (C=O) groups excluding carboxylic acids is 1. The number of halogens is 3. The van der Waals surface area contributed by atoms with Crippen molar-refractivity contribution in [3.63, 3.8) is 0 Å². The van der Waals surface area contributed by atoms with Gasteiger partial charge in [-0.3, -0.25) is 4.79 Å². The minimum atomic E-state index is -4.49. The van der Waals surface area contributed by atoms with Crippen LogP contribution in [0.2, 0.25) is 0 Å². The fraction of sp³-hybridized carbons (Fsp3) is 0.321. The molecule has 1 aliphatic heterocycles. The third kappa shape index (κ3) is 5.76. The Bertz CT molecular complexity index is 1240. The average molecular weight is 516 g/mol. The first kappa shape index (κ1) is 26.2. The molecule has 9 heteroatoms. The van der Waals surface area contributed by atoms with Gasteiger partial charge in [0.05, 0.1) is 32.4 Å². The van der Waals surface area contributed by atoms with E-state index in [1.165, 1.54) is 19.2 Å². The normalized spacial score (nSPS) is 15.1. The lowest BCUT2D eigenvalue weighted by molar-refractivity contribution is -0.137.